The largest absolute Gasteiger partial charge is 0.504 e. The first-order valence-corrected chi connectivity index (χ1v) is 9.99. The summed E-state index contributed by atoms with van der Waals surface area (Å²) in [6, 6.07) is 0.594. The lowest BCUT2D eigenvalue weighted by Gasteiger charge is -2.27. The summed E-state index contributed by atoms with van der Waals surface area (Å²) in [7, 11) is -2.66. The highest BCUT2D eigenvalue weighted by atomic mass is 28.4. The molecule has 1 N–H and O–H groups in total. The smallest absolute Gasteiger partial charge is 0.374 e. The van der Waals surface area contributed by atoms with Gasteiger partial charge in [-0.3, -0.25) is 4.79 Å². The van der Waals surface area contributed by atoms with Crippen molar-refractivity contribution in [2.75, 3.05) is 19.8 Å². The molecule has 0 saturated heterocycles. The van der Waals surface area contributed by atoms with E-state index in [2.05, 4.69) is 5.32 Å². The van der Waals surface area contributed by atoms with Gasteiger partial charge in [0, 0.05) is 37.8 Å². The molecule has 0 unspecified atom stereocenters. The van der Waals surface area contributed by atoms with Gasteiger partial charge in [0.2, 0.25) is 5.91 Å². The quantitative estimate of drug-likeness (QED) is 0.493. The molecule has 0 heterocycles. The van der Waals surface area contributed by atoms with Crippen LogP contribution < -0.4 is 5.32 Å². The Hall–Kier alpha value is -0.693. The van der Waals surface area contributed by atoms with E-state index < -0.39 is 8.80 Å². The van der Waals surface area contributed by atoms with Gasteiger partial charge in [0.25, 0.3) is 0 Å². The van der Waals surface area contributed by atoms with Gasteiger partial charge in [0.15, 0.2) is 0 Å². The summed E-state index contributed by atoms with van der Waals surface area (Å²) in [5, 5.41) is 2.96. The van der Waals surface area contributed by atoms with Crippen molar-refractivity contribution in [3.8, 4) is 0 Å². The zero-order chi connectivity index (χ0) is 17.2. The lowest BCUT2D eigenvalue weighted by molar-refractivity contribution is -0.121. The molecule has 6 heteroatoms. The van der Waals surface area contributed by atoms with E-state index in [-0.39, 0.29) is 11.4 Å². The number of allylic oxidation sites excluding steroid dienone is 1. The molecular formula is C16H33NO4Si. The van der Waals surface area contributed by atoms with Gasteiger partial charge in [0.05, 0.1) is 0 Å². The van der Waals surface area contributed by atoms with Crippen LogP contribution in [0.5, 0.6) is 0 Å². The molecule has 0 saturated carbocycles. The lowest BCUT2D eigenvalue weighted by Crippen LogP contribution is -2.45. The number of hydrogen-bond acceptors (Lipinski definition) is 4. The summed E-state index contributed by atoms with van der Waals surface area (Å²) in [6.07, 6.45) is 2.39. The SMILES string of the molecule is CCO[Si](C/C=C(\C)CC(=O)NC(C)(C)C)(OCC)OCC. The highest BCUT2D eigenvalue weighted by Crippen LogP contribution is 2.18. The summed E-state index contributed by atoms with van der Waals surface area (Å²) in [5.74, 6) is 0.0257. The second-order valence-electron chi connectivity index (χ2n) is 6.21. The Kier molecular flexibility index (Phi) is 9.83. The third-order valence-electron chi connectivity index (χ3n) is 2.75. The minimum absolute atomic E-state index is 0.0257. The van der Waals surface area contributed by atoms with Crippen LogP contribution in [-0.4, -0.2) is 40.1 Å². The van der Waals surface area contributed by atoms with Crippen molar-refractivity contribution in [2.45, 2.75) is 66.5 Å². The Labute approximate surface area is 136 Å². The van der Waals surface area contributed by atoms with Gasteiger partial charge in [-0.05, 0) is 48.5 Å². The molecule has 1 amide bonds. The topological polar surface area (TPSA) is 56.8 Å². The molecular weight excluding hydrogens is 298 g/mol. The fourth-order valence-electron chi connectivity index (χ4n) is 2.05. The number of amides is 1. The molecule has 0 atom stereocenters. The second kappa shape index (κ2) is 10.2. The molecule has 22 heavy (non-hydrogen) atoms. The number of hydrogen-bond donors (Lipinski definition) is 1. The zero-order valence-electron chi connectivity index (χ0n) is 15.2. The van der Waals surface area contributed by atoms with E-state index in [1.165, 1.54) is 0 Å². The first-order valence-electron chi connectivity index (χ1n) is 8.06. The maximum absolute atomic E-state index is 11.9. The third-order valence-corrected chi connectivity index (χ3v) is 5.64. The zero-order valence-corrected chi connectivity index (χ0v) is 16.2. The fourth-order valence-corrected chi connectivity index (χ4v) is 4.57. The molecule has 0 spiro atoms. The molecule has 0 aromatic carbocycles. The maximum Gasteiger partial charge on any atom is 0.504 e. The molecule has 0 aromatic heterocycles. The molecule has 0 fully saturated rings. The minimum Gasteiger partial charge on any atom is -0.374 e. The standard InChI is InChI=1S/C16H33NO4Si/c1-8-19-22(20-9-2,21-10-3)12-11-14(4)13-15(18)17-16(5,6)7/h11H,8-10,12-13H2,1-7H3,(H,17,18)/b14-11+. The predicted octanol–water partition coefficient (Wildman–Crippen LogP) is 3.29. The van der Waals surface area contributed by atoms with Crippen LogP contribution in [0, 0.1) is 0 Å². The van der Waals surface area contributed by atoms with Crippen LogP contribution in [0.4, 0.5) is 0 Å². The molecule has 0 bridgehead atoms. The maximum atomic E-state index is 11.9. The molecule has 0 aliphatic heterocycles. The Morgan fingerprint density at radius 3 is 1.86 bits per heavy atom. The normalized spacial score (nSPS) is 13.3. The average molecular weight is 332 g/mol. The summed E-state index contributed by atoms with van der Waals surface area (Å²) >= 11 is 0. The molecule has 130 valence electrons. The van der Waals surface area contributed by atoms with Crippen molar-refractivity contribution < 1.29 is 18.1 Å². The number of nitrogens with one attached hydrogen (secondary N) is 1. The van der Waals surface area contributed by atoms with Gasteiger partial charge >= 0.3 is 8.80 Å². The van der Waals surface area contributed by atoms with Crippen molar-refractivity contribution in [3.05, 3.63) is 11.6 Å². The fraction of sp³-hybridized carbons (Fsp3) is 0.812. The van der Waals surface area contributed by atoms with Gasteiger partial charge in [-0.15, -0.1) is 0 Å². The Morgan fingerprint density at radius 1 is 1.05 bits per heavy atom. The first kappa shape index (κ1) is 21.3. The van der Waals surface area contributed by atoms with Crippen LogP contribution in [0.2, 0.25) is 6.04 Å². The predicted molar refractivity (Wildman–Crippen MR) is 91.7 cm³/mol. The lowest BCUT2D eigenvalue weighted by atomic mass is 10.1. The van der Waals surface area contributed by atoms with Crippen LogP contribution in [0.25, 0.3) is 0 Å². The highest BCUT2D eigenvalue weighted by molar-refractivity contribution is 6.61. The summed E-state index contributed by atoms with van der Waals surface area (Å²) < 4.78 is 17.4. The number of carbonyl (C=O) groups excluding carboxylic acids is 1. The van der Waals surface area contributed by atoms with Gasteiger partial charge in [-0.1, -0.05) is 11.6 Å². The van der Waals surface area contributed by atoms with E-state index in [4.69, 9.17) is 13.3 Å². The summed E-state index contributed by atoms with van der Waals surface area (Å²) in [5.41, 5.74) is 0.787. The molecule has 5 nitrogen and oxygen atoms in total. The molecule has 0 aliphatic carbocycles. The van der Waals surface area contributed by atoms with Gasteiger partial charge < -0.3 is 18.6 Å². The number of rotatable bonds is 10. The first-order chi connectivity index (χ1) is 10.2. The van der Waals surface area contributed by atoms with Crippen molar-refractivity contribution in [1.29, 1.82) is 0 Å². The average Bonchev–Trinajstić information content (AvgIpc) is 2.35. The van der Waals surface area contributed by atoms with Crippen LogP contribution in [-0.2, 0) is 18.1 Å². The molecule has 0 radical (unpaired) electrons. The van der Waals surface area contributed by atoms with Crippen molar-refractivity contribution >= 4 is 14.7 Å². The van der Waals surface area contributed by atoms with Crippen LogP contribution in [0.1, 0.15) is 54.9 Å². The minimum atomic E-state index is -2.66. The Bertz CT molecular complexity index is 347. The molecule has 0 aromatic rings. The van der Waals surface area contributed by atoms with Crippen LogP contribution in [0.15, 0.2) is 11.6 Å². The van der Waals surface area contributed by atoms with Crippen molar-refractivity contribution in [3.63, 3.8) is 0 Å². The van der Waals surface area contributed by atoms with Gasteiger partial charge in [-0.25, -0.2) is 0 Å². The summed E-state index contributed by atoms with van der Waals surface area (Å²) in [6.45, 7) is 15.4. The van der Waals surface area contributed by atoms with Crippen molar-refractivity contribution in [1.82, 2.24) is 5.32 Å². The third kappa shape index (κ3) is 9.35. The monoisotopic (exact) mass is 331 g/mol. The van der Waals surface area contributed by atoms with Crippen LogP contribution in [0.3, 0.4) is 0 Å². The van der Waals surface area contributed by atoms with E-state index in [0.29, 0.717) is 32.3 Å². The van der Waals surface area contributed by atoms with Crippen LogP contribution >= 0.6 is 0 Å². The van der Waals surface area contributed by atoms with Gasteiger partial charge in [-0.2, -0.15) is 0 Å². The van der Waals surface area contributed by atoms with E-state index in [9.17, 15) is 4.79 Å². The van der Waals surface area contributed by atoms with Gasteiger partial charge in [0.1, 0.15) is 0 Å². The highest BCUT2D eigenvalue weighted by Gasteiger charge is 2.39. The van der Waals surface area contributed by atoms with E-state index in [1.807, 2.05) is 54.5 Å². The Morgan fingerprint density at radius 2 is 1.50 bits per heavy atom. The van der Waals surface area contributed by atoms with E-state index in [0.717, 1.165) is 5.57 Å². The molecule has 0 aliphatic rings. The number of carbonyl (C=O) groups is 1. The second-order valence-corrected chi connectivity index (χ2v) is 8.85. The van der Waals surface area contributed by atoms with E-state index >= 15 is 0 Å². The Balaban J connectivity index is 4.74. The molecule has 0 rings (SSSR count). The summed E-state index contributed by atoms with van der Waals surface area (Å²) in [4.78, 5) is 11.9. The van der Waals surface area contributed by atoms with Crippen molar-refractivity contribution in [2.24, 2.45) is 0 Å². The van der Waals surface area contributed by atoms with E-state index in [1.54, 1.807) is 0 Å².